The molecular formula is C20H13ClN4O2S. The van der Waals surface area contributed by atoms with Crippen LogP contribution in [0, 0.1) is 0 Å². The van der Waals surface area contributed by atoms with Gasteiger partial charge in [-0.3, -0.25) is 9.78 Å². The average Bonchev–Trinajstić information content (AvgIpc) is 3.12. The van der Waals surface area contributed by atoms with Crippen molar-refractivity contribution in [3.63, 3.8) is 0 Å². The summed E-state index contributed by atoms with van der Waals surface area (Å²) < 4.78 is 0. The second-order valence-electron chi connectivity index (χ2n) is 6.44. The minimum absolute atomic E-state index is 0.275. The lowest BCUT2D eigenvalue weighted by molar-refractivity contribution is -0.118. The number of aromatic nitrogens is 2. The van der Waals surface area contributed by atoms with E-state index in [-0.39, 0.29) is 5.91 Å². The molecule has 2 aliphatic rings. The topological polar surface area (TPSA) is 75.2 Å². The molecule has 0 saturated carbocycles. The molecule has 4 heterocycles. The number of nitrogens with one attached hydrogen (secondary N) is 1. The van der Waals surface area contributed by atoms with Gasteiger partial charge in [-0.15, -0.1) is 11.8 Å². The number of nitrogens with zero attached hydrogens (tertiary/aromatic N) is 3. The lowest BCUT2D eigenvalue weighted by Crippen LogP contribution is -2.60. The summed E-state index contributed by atoms with van der Waals surface area (Å²) in [5.41, 5.74) is 1.23. The summed E-state index contributed by atoms with van der Waals surface area (Å²) in [6, 6.07) is 10.3. The molecule has 0 aliphatic carbocycles. The van der Waals surface area contributed by atoms with E-state index in [1.165, 1.54) is 16.7 Å². The number of carbonyl (C=O) groups is 2. The summed E-state index contributed by atoms with van der Waals surface area (Å²) in [5.74, 6) is -0.275. The van der Waals surface area contributed by atoms with Crippen molar-refractivity contribution in [3.05, 3.63) is 71.8 Å². The Balaban J connectivity index is 1.52. The van der Waals surface area contributed by atoms with Gasteiger partial charge in [0, 0.05) is 33.6 Å². The fourth-order valence-corrected chi connectivity index (χ4v) is 5.05. The second-order valence-corrected chi connectivity index (χ2v) is 7.98. The van der Waals surface area contributed by atoms with E-state index in [0.29, 0.717) is 10.8 Å². The number of imide groups is 1. The van der Waals surface area contributed by atoms with Gasteiger partial charge in [0.15, 0.2) is 0 Å². The van der Waals surface area contributed by atoms with Gasteiger partial charge in [-0.2, -0.15) is 0 Å². The van der Waals surface area contributed by atoms with Crippen molar-refractivity contribution < 1.29 is 9.59 Å². The van der Waals surface area contributed by atoms with Crippen LogP contribution in [0.1, 0.15) is 5.56 Å². The van der Waals surface area contributed by atoms with Crippen LogP contribution < -0.4 is 10.2 Å². The zero-order valence-corrected chi connectivity index (χ0v) is 15.9. The molecule has 0 bridgehead atoms. The highest BCUT2D eigenvalue weighted by Gasteiger charge is 2.45. The van der Waals surface area contributed by atoms with Gasteiger partial charge in [0.05, 0.1) is 17.9 Å². The van der Waals surface area contributed by atoms with Crippen LogP contribution in [0.4, 0.5) is 10.5 Å². The monoisotopic (exact) mass is 408 g/mol. The maximum absolute atomic E-state index is 13.3. The Kier molecular flexibility index (Phi) is 4.07. The maximum atomic E-state index is 13.3. The van der Waals surface area contributed by atoms with Crippen LogP contribution in [0.5, 0.6) is 0 Å². The van der Waals surface area contributed by atoms with Crippen molar-refractivity contribution in [2.24, 2.45) is 0 Å². The summed E-state index contributed by atoms with van der Waals surface area (Å²) in [7, 11) is 0. The molecule has 28 heavy (non-hydrogen) atoms. The molecule has 8 heteroatoms. The lowest BCUT2D eigenvalue weighted by Gasteiger charge is -2.33. The van der Waals surface area contributed by atoms with E-state index in [1.54, 1.807) is 24.7 Å². The smallest absolute Gasteiger partial charge is 0.329 e. The zero-order chi connectivity index (χ0) is 19.3. The molecule has 1 aromatic carbocycles. The molecule has 1 fully saturated rings. The van der Waals surface area contributed by atoms with Gasteiger partial charge in [0.25, 0.3) is 5.91 Å². The number of anilines is 1. The Labute approximate surface area is 169 Å². The summed E-state index contributed by atoms with van der Waals surface area (Å²) in [5, 5.41) is 4.48. The Morgan fingerprint density at radius 3 is 2.82 bits per heavy atom. The van der Waals surface area contributed by atoms with Crippen molar-refractivity contribution in [3.8, 4) is 0 Å². The van der Waals surface area contributed by atoms with Crippen LogP contribution in [0.25, 0.3) is 15.7 Å². The third-order valence-electron chi connectivity index (χ3n) is 4.78. The Morgan fingerprint density at radius 1 is 1.11 bits per heavy atom. The van der Waals surface area contributed by atoms with E-state index in [0.717, 1.165) is 21.2 Å². The Bertz CT molecular complexity index is 1160. The number of rotatable bonds is 2. The van der Waals surface area contributed by atoms with Gasteiger partial charge >= 0.3 is 6.03 Å². The van der Waals surface area contributed by atoms with E-state index >= 15 is 0 Å². The first-order valence-electron chi connectivity index (χ1n) is 8.60. The molecule has 2 aliphatic heterocycles. The number of thioether (sulfide) groups is 1. The number of fused-ring (bicyclic) bond motifs is 2. The van der Waals surface area contributed by atoms with E-state index < -0.39 is 17.3 Å². The molecule has 2 atom stereocenters. The normalized spacial score (nSPS) is 21.5. The number of pyridine rings is 2. The molecule has 138 valence electrons. The highest BCUT2D eigenvalue weighted by Crippen LogP contribution is 2.44. The predicted molar refractivity (Wildman–Crippen MR) is 110 cm³/mol. The quantitative estimate of drug-likeness (QED) is 0.651. The largest absolute Gasteiger partial charge is 0.329 e. The van der Waals surface area contributed by atoms with Crippen LogP contribution in [0.2, 0.25) is 5.15 Å². The molecule has 2 unspecified atom stereocenters. The number of halogens is 1. The SMILES string of the molecule is O=C1NC2C=C(c3cccnc3Cl)SC2C(=O)N1c1cncc2ccccc12. The molecule has 1 N–H and O–H groups in total. The van der Waals surface area contributed by atoms with Crippen molar-refractivity contribution in [1.29, 1.82) is 0 Å². The summed E-state index contributed by atoms with van der Waals surface area (Å²) in [4.78, 5) is 36.4. The second kappa shape index (κ2) is 6.61. The van der Waals surface area contributed by atoms with Gasteiger partial charge in [0.2, 0.25) is 0 Å². The first-order chi connectivity index (χ1) is 13.6. The Morgan fingerprint density at radius 2 is 1.96 bits per heavy atom. The molecule has 0 spiro atoms. The molecule has 3 amide bonds. The van der Waals surface area contributed by atoms with Crippen molar-refractivity contribution in [2.75, 3.05) is 4.90 Å². The first kappa shape index (κ1) is 17.2. The first-order valence-corrected chi connectivity index (χ1v) is 9.86. The molecule has 2 aromatic heterocycles. The molecule has 0 radical (unpaired) electrons. The number of carbonyl (C=O) groups excluding carboxylic acids is 2. The van der Waals surface area contributed by atoms with Crippen LogP contribution in [-0.2, 0) is 4.79 Å². The summed E-state index contributed by atoms with van der Waals surface area (Å²) >= 11 is 7.59. The van der Waals surface area contributed by atoms with Gasteiger partial charge in [0.1, 0.15) is 10.4 Å². The fraction of sp³-hybridized carbons (Fsp3) is 0.100. The highest BCUT2D eigenvalue weighted by atomic mass is 35.5. The van der Waals surface area contributed by atoms with E-state index in [1.807, 2.05) is 36.4 Å². The number of hydrogen-bond donors (Lipinski definition) is 1. The van der Waals surface area contributed by atoms with E-state index in [2.05, 4.69) is 15.3 Å². The molecule has 5 rings (SSSR count). The zero-order valence-electron chi connectivity index (χ0n) is 14.4. The van der Waals surface area contributed by atoms with Gasteiger partial charge < -0.3 is 5.32 Å². The van der Waals surface area contributed by atoms with Crippen LogP contribution in [0.15, 0.2) is 61.1 Å². The van der Waals surface area contributed by atoms with Gasteiger partial charge in [-0.25, -0.2) is 14.7 Å². The standard InChI is InChI=1S/C20H13ClN4O2S/c21-18-13(6-3-7-23-18)16-8-14-17(28-16)19(26)25(20(27)24-14)15-10-22-9-11-4-1-2-5-12(11)15/h1-10,14,17H,(H,24,27). The minimum Gasteiger partial charge on any atom is -0.329 e. The fourth-order valence-electron chi connectivity index (χ4n) is 3.49. The van der Waals surface area contributed by atoms with Gasteiger partial charge in [-0.1, -0.05) is 35.9 Å². The number of benzene rings is 1. The number of amides is 3. The third-order valence-corrected chi connectivity index (χ3v) is 6.44. The number of hydrogen-bond acceptors (Lipinski definition) is 5. The Hall–Kier alpha value is -2.90. The van der Waals surface area contributed by atoms with Crippen molar-refractivity contribution in [1.82, 2.24) is 15.3 Å². The lowest BCUT2D eigenvalue weighted by atomic mass is 10.1. The van der Waals surface area contributed by atoms with Crippen LogP contribution in [0.3, 0.4) is 0 Å². The van der Waals surface area contributed by atoms with Crippen molar-refractivity contribution in [2.45, 2.75) is 11.3 Å². The van der Waals surface area contributed by atoms with E-state index in [4.69, 9.17) is 11.6 Å². The number of urea groups is 1. The molecule has 3 aromatic rings. The summed E-state index contributed by atoms with van der Waals surface area (Å²) in [6.45, 7) is 0. The summed E-state index contributed by atoms with van der Waals surface area (Å²) in [6.07, 6.45) is 6.74. The van der Waals surface area contributed by atoms with Crippen LogP contribution in [-0.4, -0.2) is 33.2 Å². The molecule has 6 nitrogen and oxygen atoms in total. The minimum atomic E-state index is -0.469. The maximum Gasteiger partial charge on any atom is 0.329 e. The van der Waals surface area contributed by atoms with Crippen molar-refractivity contribution >= 4 is 56.7 Å². The van der Waals surface area contributed by atoms with E-state index in [9.17, 15) is 9.59 Å². The van der Waals surface area contributed by atoms with Crippen LogP contribution >= 0.6 is 23.4 Å². The highest BCUT2D eigenvalue weighted by molar-refractivity contribution is 8.09. The molecule has 1 saturated heterocycles. The predicted octanol–water partition coefficient (Wildman–Crippen LogP) is 3.86. The van der Waals surface area contributed by atoms with Gasteiger partial charge in [-0.05, 0) is 18.2 Å². The average molecular weight is 409 g/mol. The molecular weight excluding hydrogens is 396 g/mol. The third kappa shape index (κ3) is 2.66.